The van der Waals surface area contributed by atoms with Gasteiger partial charge in [-0.3, -0.25) is 14.4 Å². The summed E-state index contributed by atoms with van der Waals surface area (Å²) in [6, 6.07) is 11.2. The number of likely N-dealkylation sites (tertiary alicyclic amines) is 1. The Morgan fingerprint density at radius 1 is 1.18 bits per heavy atom. The number of nitrogens with one attached hydrogen (secondary N) is 1. The highest BCUT2D eigenvalue weighted by atomic mass is 32.1. The van der Waals surface area contributed by atoms with E-state index in [2.05, 4.69) is 5.32 Å². The van der Waals surface area contributed by atoms with Crippen LogP contribution in [-0.2, 0) is 16.0 Å². The SMILES string of the molecule is CCc1ccccc1NC(=O)CCC(=O)N1CCC[C@@H]1c1ccc(C(N)=O)s1. The van der Waals surface area contributed by atoms with Crippen LogP contribution in [0.5, 0.6) is 0 Å². The van der Waals surface area contributed by atoms with Crippen LogP contribution in [0.2, 0.25) is 0 Å². The van der Waals surface area contributed by atoms with Gasteiger partial charge in [-0.2, -0.15) is 0 Å². The Morgan fingerprint density at radius 3 is 2.68 bits per heavy atom. The molecule has 3 amide bonds. The van der Waals surface area contributed by atoms with Crippen LogP contribution in [0.15, 0.2) is 36.4 Å². The van der Waals surface area contributed by atoms with Gasteiger partial charge in [0, 0.05) is 30.0 Å². The predicted molar refractivity (Wildman–Crippen MR) is 110 cm³/mol. The van der Waals surface area contributed by atoms with Crippen molar-refractivity contribution in [3.8, 4) is 0 Å². The fourth-order valence-corrected chi connectivity index (χ4v) is 4.56. The highest BCUT2D eigenvalue weighted by Gasteiger charge is 2.31. The highest BCUT2D eigenvalue weighted by Crippen LogP contribution is 2.36. The second kappa shape index (κ2) is 9.01. The van der Waals surface area contributed by atoms with Gasteiger partial charge in [-0.25, -0.2) is 0 Å². The summed E-state index contributed by atoms with van der Waals surface area (Å²) in [6.45, 7) is 2.71. The van der Waals surface area contributed by atoms with Crippen molar-refractivity contribution >= 4 is 34.7 Å². The summed E-state index contributed by atoms with van der Waals surface area (Å²) >= 11 is 1.34. The van der Waals surface area contributed by atoms with Gasteiger partial charge in [-0.15, -0.1) is 11.3 Å². The van der Waals surface area contributed by atoms with E-state index in [4.69, 9.17) is 5.73 Å². The molecule has 28 heavy (non-hydrogen) atoms. The van der Waals surface area contributed by atoms with Crippen molar-refractivity contribution in [2.45, 2.75) is 45.1 Å². The molecule has 7 heteroatoms. The fourth-order valence-electron chi connectivity index (χ4n) is 3.55. The fraction of sp³-hybridized carbons (Fsp3) is 0.381. The van der Waals surface area contributed by atoms with E-state index in [1.165, 1.54) is 11.3 Å². The number of rotatable bonds is 7. The van der Waals surface area contributed by atoms with Crippen molar-refractivity contribution in [1.29, 1.82) is 0 Å². The van der Waals surface area contributed by atoms with Crippen molar-refractivity contribution in [3.05, 3.63) is 51.7 Å². The van der Waals surface area contributed by atoms with Gasteiger partial charge in [0.2, 0.25) is 11.8 Å². The number of hydrogen-bond donors (Lipinski definition) is 2. The molecule has 1 atom stereocenters. The lowest BCUT2D eigenvalue weighted by molar-refractivity contribution is -0.133. The summed E-state index contributed by atoms with van der Waals surface area (Å²) in [7, 11) is 0. The number of carbonyl (C=O) groups is 3. The number of aryl methyl sites for hydroxylation is 1. The van der Waals surface area contributed by atoms with E-state index in [-0.39, 0.29) is 30.7 Å². The molecule has 3 N–H and O–H groups in total. The Kier molecular flexibility index (Phi) is 6.46. The second-order valence-electron chi connectivity index (χ2n) is 6.87. The standard InChI is InChI=1S/C21H25N3O3S/c1-2-14-6-3-4-7-15(14)23-19(25)11-12-20(26)24-13-5-8-16(24)17-9-10-18(28-17)21(22)27/h3-4,6-7,9-10,16H,2,5,8,11-13H2,1H3,(H2,22,27)(H,23,25)/t16-/m1/s1. The number of carbonyl (C=O) groups excluding carboxylic acids is 3. The number of benzene rings is 1. The van der Waals surface area contributed by atoms with Gasteiger partial charge in [0.1, 0.15) is 0 Å². The van der Waals surface area contributed by atoms with Crippen LogP contribution < -0.4 is 11.1 Å². The van der Waals surface area contributed by atoms with Crippen LogP contribution in [0.3, 0.4) is 0 Å². The van der Waals surface area contributed by atoms with Crippen LogP contribution in [0.4, 0.5) is 5.69 Å². The van der Waals surface area contributed by atoms with Crippen molar-refractivity contribution in [3.63, 3.8) is 0 Å². The number of hydrogen-bond acceptors (Lipinski definition) is 4. The van der Waals surface area contributed by atoms with Crippen LogP contribution in [0.25, 0.3) is 0 Å². The molecule has 0 bridgehead atoms. The average molecular weight is 400 g/mol. The molecule has 0 spiro atoms. The highest BCUT2D eigenvalue weighted by molar-refractivity contribution is 7.14. The maximum atomic E-state index is 12.7. The molecule has 1 aliphatic rings. The van der Waals surface area contributed by atoms with Crippen molar-refractivity contribution in [2.75, 3.05) is 11.9 Å². The Balaban J connectivity index is 1.57. The zero-order valence-corrected chi connectivity index (χ0v) is 16.8. The Hall–Kier alpha value is -2.67. The second-order valence-corrected chi connectivity index (χ2v) is 7.99. The van der Waals surface area contributed by atoms with Crippen molar-refractivity contribution in [2.24, 2.45) is 5.73 Å². The molecule has 1 aromatic heterocycles. The minimum absolute atomic E-state index is 0.0320. The molecular weight excluding hydrogens is 374 g/mol. The van der Waals surface area contributed by atoms with Gasteiger partial charge in [0.25, 0.3) is 5.91 Å². The minimum Gasteiger partial charge on any atom is -0.365 e. The predicted octanol–water partition coefficient (Wildman–Crippen LogP) is 3.49. The van der Waals surface area contributed by atoms with Crippen LogP contribution in [0.1, 0.15) is 58.8 Å². The molecule has 1 aliphatic heterocycles. The van der Waals surface area contributed by atoms with E-state index in [0.29, 0.717) is 11.4 Å². The molecule has 2 heterocycles. The van der Waals surface area contributed by atoms with E-state index in [1.807, 2.05) is 42.2 Å². The molecule has 0 radical (unpaired) electrons. The zero-order valence-electron chi connectivity index (χ0n) is 15.9. The van der Waals surface area contributed by atoms with Crippen LogP contribution >= 0.6 is 11.3 Å². The number of para-hydroxylation sites is 1. The van der Waals surface area contributed by atoms with E-state index >= 15 is 0 Å². The number of amides is 3. The summed E-state index contributed by atoms with van der Waals surface area (Å²) in [6.07, 6.45) is 2.93. The Labute approximate surface area is 168 Å². The zero-order chi connectivity index (χ0) is 20.1. The lowest BCUT2D eigenvalue weighted by Crippen LogP contribution is -2.30. The Bertz CT molecular complexity index is 877. The molecule has 6 nitrogen and oxygen atoms in total. The number of primary amides is 1. The van der Waals surface area contributed by atoms with Gasteiger partial charge in [0.15, 0.2) is 0 Å². The van der Waals surface area contributed by atoms with Crippen molar-refractivity contribution in [1.82, 2.24) is 4.90 Å². The molecule has 0 unspecified atom stereocenters. The summed E-state index contributed by atoms with van der Waals surface area (Å²) < 4.78 is 0. The molecule has 0 saturated carbocycles. The first-order chi connectivity index (χ1) is 13.5. The third-order valence-corrected chi connectivity index (χ3v) is 6.21. The molecule has 1 saturated heterocycles. The summed E-state index contributed by atoms with van der Waals surface area (Å²) in [5, 5.41) is 2.91. The third kappa shape index (κ3) is 4.59. The number of thiophene rings is 1. The molecule has 1 fully saturated rings. The van der Waals surface area contributed by atoms with Gasteiger partial charge in [-0.1, -0.05) is 25.1 Å². The van der Waals surface area contributed by atoms with E-state index in [0.717, 1.165) is 35.4 Å². The maximum absolute atomic E-state index is 12.7. The number of nitrogens with zero attached hydrogens (tertiary/aromatic N) is 1. The summed E-state index contributed by atoms with van der Waals surface area (Å²) in [5.74, 6) is -0.635. The smallest absolute Gasteiger partial charge is 0.258 e. The van der Waals surface area contributed by atoms with Gasteiger partial charge >= 0.3 is 0 Å². The monoisotopic (exact) mass is 399 g/mol. The van der Waals surface area contributed by atoms with Crippen LogP contribution in [-0.4, -0.2) is 29.2 Å². The van der Waals surface area contributed by atoms with E-state index in [1.54, 1.807) is 6.07 Å². The maximum Gasteiger partial charge on any atom is 0.258 e. The molecule has 3 rings (SSSR count). The van der Waals surface area contributed by atoms with E-state index in [9.17, 15) is 14.4 Å². The van der Waals surface area contributed by atoms with Gasteiger partial charge in [-0.05, 0) is 43.0 Å². The first-order valence-corrected chi connectivity index (χ1v) is 10.4. The first kappa shape index (κ1) is 20.1. The third-order valence-electron chi connectivity index (χ3n) is 5.01. The first-order valence-electron chi connectivity index (χ1n) is 9.56. The number of anilines is 1. The normalized spacial score (nSPS) is 16.2. The Morgan fingerprint density at radius 2 is 1.96 bits per heavy atom. The minimum atomic E-state index is -0.448. The quantitative estimate of drug-likeness (QED) is 0.746. The van der Waals surface area contributed by atoms with E-state index < -0.39 is 5.91 Å². The molecular formula is C21H25N3O3S. The average Bonchev–Trinajstić information content (AvgIpc) is 3.35. The molecule has 1 aromatic carbocycles. The topological polar surface area (TPSA) is 92.5 Å². The van der Waals surface area contributed by atoms with Gasteiger partial charge in [0.05, 0.1) is 10.9 Å². The lowest BCUT2D eigenvalue weighted by Gasteiger charge is -2.24. The number of nitrogens with two attached hydrogens (primary N) is 1. The van der Waals surface area contributed by atoms with Crippen LogP contribution in [0, 0.1) is 0 Å². The van der Waals surface area contributed by atoms with Gasteiger partial charge < -0.3 is 16.0 Å². The lowest BCUT2D eigenvalue weighted by atomic mass is 10.1. The van der Waals surface area contributed by atoms with Crippen molar-refractivity contribution < 1.29 is 14.4 Å². The summed E-state index contributed by atoms with van der Waals surface area (Å²) in [4.78, 5) is 39.6. The molecule has 148 valence electrons. The molecule has 0 aliphatic carbocycles. The molecule has 2 aromatic rings. The largest absolute Gasteiger partial charge is 0.365 e. The summed E-state index contributed by atoms with van der Waals surface area (Å²) in [5.41, 5.74) is 7.21.